The van der Waals surface area contributed by atoms with Gasteiger partial charge in [0, 0.05) is 30.3 Å². The number of halogens is 1. The van der Waals surface area contributed by atoms with Gasteiger partial charge in [-0.3, -0.25) is 9.59 Å². The Morgan fingerprint density at radius 3 is 2.59 bits per heavy atom. The zero-order chi connectivity index (χ0) is 31.6. The van der Waals surface area contributed by atoms with E-state index in [1.54, 1.807) is 38.1 Å². The van der Waals surface area contributed by atoms with Gasteiger partial charge in [-0.25, -0.2) is 4.39 Å². The molecule has 0 aromatic heterocycles. The van der Waals surface area contributed by atoms with Gasteiger partial charge in [0.15, 0.2) is 0 Å². The summed E-state index contributed by atoms with van der Waals surface area (Å²) in [6, 6.07) is 13.5. The van der Waals surface area contributed by atoms with E-state index in [1.165, 1.54) is 12.1 Å². The molecule has 2 N–H and O–H groups in total. The number of benzene rings is 3. The van der Waals surface area contributed by atoms with E-state index in [1.807, 2.05) is 45.0 Å². The first-order valence-electron chi connectivity index (χ1n) is 14.8. The number of hydrogen-bond donors (Lipinski definition) is 2. The van der Waals surface area contributed by atoms with Crippen LogP contribution in [0.3, 0.4) is 0 Å². The first-order chi connectivity index (χ1) is 21.0. The maximum absolute atomic E-state index is 14.1. The van der Waals surface area contributed by atoms with Crippen molar-refractivity contribution in [1.29, 1.82) is 0 Å². The Morgan fingerprint density at radius 2 is 1.86 bits per heavy atom. The van der Waals surface area contributed by atoms with E-state index in [9.17, 15) is 14.0 Å². The number of amides is 1. The number of anilines is 2. The van der Waals surface area contributed by atoms with E-state index in [2.05, 4.69) is 10.6 Å². The standard InChI is InChI=1S/C34H40FN3O6/c1-20-9-10-22(35)16-29(20)43-19-26-24(13-14-27-31(26)38(5)33(40)34(3,4)37-27)25-12-11-23(17-30(25)41-6)42-18-21(2)44-32(39)28-8-7-15-36-28/h9-14,16-17,21,28,36-37H,7-8,15,18-19H2,1-6H3/t21-,28?/m0/s1. The molecule has 3 aromatic rings. The molecule has 234 valence electrons. The van der Waals surface area contributed by atoms with Crippen molar-refractivity contribution in [3.05, 3.63) is 65.5 Å². The number of hydrogen-bond acceptors (Lipinski definition) is 8. The molecule has 1 amide bonds. The van der Waals surface area contributed by atoms with Crippen molar-refractivity contribution in [2.75, 3.05) is 37.5 Å². The summed E-state index contributed by atoms with van der Waals surface area (Å²) in [6.07, 6.45) is 1.30. The summed E-state index contributed by atoms with van der Waals surface area (Å²) in [5.74, 6) is 0.759. The minimum atomic E-state index is -0.795. The fourth-order valence-electron chi connectivity index (χ4n) is 5.71. The van der Waals surface area contributed by atoms with Crippen LogP contribution in [0.2, 0.25) is 0 Å². The lowest BCUT2D eigenvalue weighted by molar-refractivity contribution is -0.151. The van der Waals surface area contributed by atoms with Crippen molar-refractivity contribution in [2.45, 2.75) is 64.8 Å². The number of methoxy groups -OCH3 is 1. The number of nitrogens with one attached hydrogen (secondary N) is 2. The van der Waals surface area contributed by atoms with Gasteiger partial charge in [-0.05, 0) is 82.5 Å². The second kappa shape index (κ2) is 12.7. The predicted octanol–water partition coefficient (Wildman–Crippen LogP) is 5.62. The Labute approximate surface area is 257 Å². The van der Waals surface area contributed by atoms with Gasteiger partial charge in [-0.15, -0.1) is 0 Å². The van der Waals surface area contributed by atoms with Crippen molar-refractivity contribution < 1.29 is 32.9 Å². The van der Waals surface area contributed by atoms with Crippen molar-refractivity contribution >= 4 is 23.3 Å². The molecule has 44 heavy (non-hydrogen) atoms. The van der Waals surface area contributed by atoms with Crippen LogP contribution in [0.25, 0.3) is 11.1 Å². The number of carbonyl (C=O) groups is 2. The van der Waals surface area contributed by atoms with Gasteiger partial charge >= 0.3 is 5.97 Å². The maximum Gasteiger partial charge on any atom is 0.323 e. The molecule has 1 fully saturated rings. The third kappa shape index (κ3) is 6.45. The largest absolute Gasteiger partial charge is 0.496 e. The zero-order valence-electron chi connectivity index (χ0n) is 26.1. The Balaban J connectivity index is 1.44. The number of rotatable bonds is 10. The van der Waals surface area contributed by atoms with Crippen LogP contribution < -0.4 is 29.7 Å². The highest BCUT2D eigenvalue weighted by atomic mass is 19.1. The summed E-state index contributed by atoms with van der Waals surface area (Å²) in [5.41, 5.74) is 3.73. The van der Waals surface area contributed by atoms with Crippen molar-refractivity contribution in [3.63, 3.8) is 0 Å². The van der Waals surface area contributed by atoms with Crippen LogP contribution in [0.4, 0.5) is 15.8 Å². The van der Waals surface area contributed by atoms with E-state index < -0.39 is 17.5 Å². The van der Waals surface area contributed by atoms with Crippen LogP contribution in [-0.4, -0.2) is 56.9 Å². The van der Waals surface area contributed by atoms with Gasteiger partial charge in [0.1, 0.15) is 54.0 Å². The van der Waals surface area contributed by atoms with E-state index >= 15 is 0 Å². The van der Waals surface area contributed by atoms with Crippen molar-refractivity contribution in [1.82, 2.24) is 5.32 Å². The lowest BCUT2D eigenvalue weighted by Crippen LogP contribution is -2.52. The second-order valence-electron chi connectivity index (χ2n) is 11.9. The average molecular weight is 606 g/mol. The van der Waals surface area contributed by atoms with Crippen molar-refractivity contribution in [3.8, 4) is 28.4 Å². The van der Waals surface area contributed by atoms with Crippen LogP contribution in [0.1, 0.15) is 44.7 Å². The molecule has 0 aliphatic carbocycles. The van der Waals surface area contributed by atoms with Crippen LogP contribution in [-0.2, 0) is 20.9 Å². The summed E-state index contributed by atoms with van der Waals surface area (Å²) >= 11 is 0. The summed E-state index contributed by atoms with van der Waals surface area (Å²) < 4.78 is 37.6. The van der Waals surface area contributed by atoms with Gasteiger partial charge in [0.2, 0.25) is 0 Å². The van der Waals surface area contributed by atoms with E-state index in [0.717, 1.165) is 47.3 Å². The van der Waals surface area contributed by atoms with Gasteiger partial charge in [0.05, 0.1) is 18.5 Å². The highest BCUT2D eigenvalue weighted by Crippen LogP contribution is 2.45. The van der Waals surface area contributed by atoms with Gasteiger partial charge in [-0.1, -0.05) is 12.1 Å². The summed E-state index contributed by atoms with van der Waals surface area (Å²) in [4.78, 5) is 27.3. The smallest absolute Gasteiger partial charge is 0.323 e. The second-order valence-corrected chi connectivity index (χ2v) is 11.9. The normalized spacial score (nSPS) is 17.8. The van der Waals surface area contributed by atoms with Gasteiger partial charge < -0.3 is 34.5 Å². The van der Waals surface area contributed by atoms with Crippen LogP contribution in [0.5, 0.6) is 17.2 Å². The molecule has 2 atom stereocenters. The Bertz CT molecular complexity index is 1550. The minimum Gasteiger partial charge on any atom is -0.496 e. The maximum atomic E-state index is 14.1. The van der Waals surface area contributed by atoms with Gasteiger partial charge in [-0.2, -0.15) is 0 Å². The van der Waals surface area contributed by atoms with Crippen LogP contribution in [0, 0.1) is 12.7 Å². The zero-order valence-corrected chi connectivity index (χ0v) is 26.1. The monoisotopic (exact) mass is 605 g/mol. The number of ether oxygens (including phenoxy) is 4. The fraction of sp³-hybridized carbons (Fsp3) is 0.412. The average Bonchev–Trinajstić information content (AvgIpc) is 3.54. The third-order valence-corrected chi connectivity index (χ3v) is 8.04. The number of aryl methyl sites for hydroxylation is 1. The predicted molar refractivity (Wildman–Crippen MR) is 167 cm³/mol. The Morgan fingerprint density at radius 1 is 1.09 bits per heavy atom. The lowest BCUT2D eigenvalue weighted by atomic mass is 9.91. The molecular weight excluding hydrogens is 565 g/mol. The minimum absolute atomic E-state index is 0.0721. The molecule has 0 bridgehead atoms. The van der Waals surface area contributed by atoms with E-state index in [0.29, 0.717) is 22.9 Å². The van der Waals surface area contributed by atoms with E-state index in [4.69, 9.17) is 18.9 Å². The molecule has 9 nitrogen and oxygen atoms in total. The van der Waals surface area contributed by atoms with Crippen LogP contribution >= 0.6 is 0 Å². The highest BCUT2D eigenvalue weighted by molar-refractivity contribution is 6.08. The van der Waals surface area contributed by atoms with Crippen molar-refractivity contribution in [2.24, 2.45) is 0 Å². The van der Waals surface area contributed by atoms with Gasteiger partial charge in [0.25, 0.3) is 5.91 Å². The molecule has 3 aromatic carbocycles. The molecule has 1 unspecified atom stereocenters. The number of nitrogens with zero attached hydrogens (tertiary/aromatic N) is 1. The molecule has 0 radical (unpaired) electrons. The molecule has 2 aliphatic heterocycles. The Hall–Kier alpha value is -4.31. The highest BCUT2D eigenvalue weighted by Gasteiger charge is 2.39. The molecule has 0 saturated carbocycles. The summed E-state index contributed by atoms with van der Waals surface area (Å²) in [6.45, 7) is 8.40. The first-order valence-corrected chi connectivity index (χ1v) is 14.8. The number of fused-ring (bicyclic) bond motifs is 1. The number of carbonyl (C=O) groups excluding carboxylic acids is 2. The number of likely N-dealkylation sites (N-methyl/N-ethyl adjacent to an activating group) is 1. The molecule has 5 rings (SSSR count). The molecule has 10 heteroatoms. The van der Waals surface area contributed by atoms with E-state index in [-0.39, 0.29) is 31.1 Å². The molecule has 1 saturated heterocycles. The number of esters is 1. The quantitative estimate of drug-likeness (QED) is 0.288. The third-order valence-electron chi connectivity index (χ3n) is 8.04. The molecule has 2 heterocycles. The fourth-order valence-corrected chi connectivity index (χ4v) is 5.71. The topological polar surface area (TPSA) is 98.4 Å². The Kier molecular flexibility index (Phi) is 9.01. The lowest BCUT2D eigenvalue weighted by Gasteiger charge is -2.39. The summed E-state index contributed by atoms with van der Waals surface area (Å²) in [5, 5.41) is 6.50. The molecule has 2 aliphatic rings. The first kappa shape index (κ1) is 31.1. The van der Waals surface area contributed by atoms with Crippen LogP contribution in [0.15, 0.2) is 48.5 Å². The summed E-state index contributed by atoms with van der Waals surface area (Å²) in [7, 11) is 3.32. The molecule has 0 spiro atoms. The SMILES string of the molecule is COc1cc(OC[C@H](C)OC(=O)C2CCCN2)ccc1-c1ccc2c(c1COc1cc(F)ccc1C)N(C)C(=O)C(C)(C)N2. The molecular formula is C34H40FN3O6.